The first-order chi connectivity index (χ1) is 9.29. The fourth-order valence-corrected chi connectivity index (χ4v) is 3.11. The minimum absolute atomic E-state index is 0.274. The number of hydrogen-bond donors (Lipinski definition) is 2. The first kappa shape index (κ1) is 14.4. The van der Waals surface area contributed by atoms with Crippen molar-refractivity contribution in [2.45, 2.75) is 57.9 Å². The zero-order valence-corrected chi connectivity index (χ0v) is 12.1. The first-order valence-electron chi connectivity index (χ1n) is 7.76. The highest BCUT2D eigenvalue weighted by Gasteiger charge is 2.19. The summed E-state index contributed by atoms with van der Waals surface area (Å²) >= 11 is 0. The summed E-state index contributed by atoms with van der Waals surface area (Å²) in [5.74, 6) is 0.829. The maximum atomic E-state index is 8.90. The number of aryl methyl sites for hydroxylation is 1. The molecule has 106 valence electrons. The molecule has 1 aliphatic carbocycles. The molecule has 0 amide bonds. The van der Waals surface area contributed by atoms with Crippen molar-refractivity contribution in [3.8, 4) is 0 Å². The van der Waals surface area contributed by atoms with Gasteiger partial charge in [-0.05, 0) is 56.2 Å². The number of anilines is 1. The lowest BCUT2D eigenvalue weighted by atomic mass is 9.84. The molecule has 1 fully saturated rings. The van der Waals surface area contributed by atoms with Gasteiger partial charge in [0.05, 0.1) is 0 Å². The van der Waals surface area contributed by atoms with Gasteiger partial charge in [-0.15, -0.1) is 0 Å². The van der Waals surface area contributed by atoms with Crippen LogP contribution in [0.5, 0.6) is 0 Å². The van der Waals surface area contributed by atoms with Gasteiger partial charge in [0.25, 0.3) is 0 Å². The lowest BCUT2D eigenvalue weighted by molar-refractivity contribution is 0.288. The van der Waals surface area contributed by atoms with Crippen LogP contribution in [0.1, 0.15) is 51.0 Å². The van der Waals surface area contributed by atoms with Crippen molar-refractivity contribution in [1.82, 2.24) is 0 Å². The third-order valence-electron chi connectivity index (χ3n) is 4.30. The van der Waals surface area contributed by atoms with Crippen LogP contribution >= 0.6 is 0 Å². The van der Waals surface area contributed by atoms with Crippen molar-refractivity contribution >= 4 is 5.69 Å². The molecular formula is C17H27NO. The molecule has 0 saturated heterocycles. The molecule has 2 heteroatoms. The Morgan fingerprint density at radius 2 is 2.05 bits per heavy atom. The van der Waals surface area contributed by atoms with Gasteiger partial charge in [-0.1, -0.05) is 31.4 Å². The van der Waals surface area contributed by atoms with Crippen molar-refractivity contribution in [1.29, 1.82) is 0 Å². The smallest absolute Gasteiger partial charge is 0.0434 e. The maximum Gasteiger partial charge on any atom is 0.0434 e. The Balaban J connectivity index is 1.90. The van der Waals surface area contributed by atoms with E-state index in [0.717, 1.165) is 18.8 Å². The summed E-state index contributed by atoms with van der Waals surface area (Å²) in [6.07, 6.45) is 8.77. The van der Waals surface area contributed by atoms with E-state index in [0.29, 0.717) is 6.04 Å². The van der Waals surface area contributed by atoms with Crippen LogP contribution in [0.4, 0.5) is 5.69 Å². The van der Waals surface area contributed by atoms with Crippen LogP contribution in [0.15, 0.2) is 24.3 Å². The zero-order chi connectivity index (χ0) is 13.5. The standard InChI is InChI=1S/C17H27NO/c1-14(16-9-3-2-4-10-16)18-17-11-5-7-15(13-17)8-6-12-19/h5,7,11,13-14,16,18-19H,2-4,6,8-10,12H2,1H3. The van der Waals surface area contributed by atoms with Gasteiger partial charge in [-0.3, -0.25) is 0 Å². The Kier molecular flexibility index (Phi) is 5.71. The third kappa shape index (κ3) is 4.54. The van der Waals surface area contributed by atoms with Crippen molar-refractivity contribution in [2.75, 3.05) is 11.9 Å². The second-order valence-electron chi connectivity index (χ2n) is 5.86. The van der Waals surface area contributed by atoms with Crippen LogP contribution in [0.2, 0.25) is 0 Å². The Labute approximate surface area is 117 Å². The summed E-state index contributed by atoms with van der Waals surface area (Å²) in [5, 5.41) is 12.6. The SMILES string of the molecule is CC(Nc1cccc(CCCO)c1)C1CCCCC1. The first-order valence-corrected chi connectivity index (χ1v) is 7.76. The summed E-state index contributed by atoms with van der Waals surface area (Å²) in [5.41, 5.74) is 2.54. The fraction of sp³-hybridized carbons (Fsp3) is 0.647. The molecule has 0 heterocycles. The minimum atomic E-state index is 0.274. The second kappa shape index (κ2) is 7.54. The molecule has 0 bridgehead atoms. The predicted octanol–water partition coefficient (Wildman–Crippen LogP) is 3.99. The second-order valence-corrected chi connectivity index (χ2v) is 5.86. The number of nitrogens with one attached hydrogen (secondary N) is 1. The topological polar surface area (TPSA) is 32.3 Å². The van der Waals surface area contributed by atoms with E-state index in [2.05, 4.69) is 36.5 Å². The molecule has 1 aromatic rings. The Hall–Kier alpha value is -1.02. The molecule has 19 heavy (non-hydrogen) atoms. The van der Waals surface area contributed by atoms with Gasteiger partial charge >= 0.3 is 0 Å². The predicted molar refractivity (Wildman–Crippen MR) is 81.5 cm³/mol. The van der Waals surface area contributed by atoms with Crippen LogP contribution in [0.3, 0.4) is 0 Å². The van der Waals surface area contributed by atoms with Gasteiger partial charge < -0.3 is 10.4 Å². The van der Waals surface area contributed by atoms with E-state index >= 15 is 0 Å². The molecule has 1 atom stereocenters. The highest BCUT2D eigenvalue weighted by molar-refractivity contribution is 5.46. The number of aliphatic hydroxyl groups is 1. The molecule has 2 N–H and O–H groups in total. The van der Waals surface area contributed by atoms with Crippen LogP contribution in [-0.2, 0) is 6.42 Å². The van der Waals surface area contributed by atoms with Gasteiger partial charge in [0.1, 0.15) is 0 Å². The largest absolute Gasteiger partial charge is 0.396 e. The summed E-state index contributed by atoms with van der Waals surface area (Å²) < 4.78 is 0. The molecular weight excluding hydrogens is 234 g/mol. The molecule has 0 aromatic heterocycles. The van der Waals surface area contributed by atoms with Crippen molar-refractivity contribution < 1.29 is 5.11 Å². The van der Waals surface area contributed by atoms with E-state index in [4.69, 9.17) is 5.11 Å². The highest BCUT2D eigenvalue weighted by Crippen LogP contribution is 2.28. The van der Waals surface area contributed by atoms with Gasteiger partial charge in [0, 0.05) is 18.3 Å². The van der Waals surface area contributed by atoms with Crippen molar-refractivity contribution in [3.63, 3.8) is 0 Å². The molecule has 0 aliphatic heterocycles. The zero-order valence-electron chi connectivity index (χ0n) is 12.1. The van der Waals surface area contributed by atoms with E-state index in [1.807, 2.05) is 0 Å². The van der Waals surface area contributed by atoms with Crippen molar-refractivity contribution in [2.24, 2.45) is 5.92 Å². The summed E-state index contributed by atoms with van der Waals surface area (Å²) in [4.78, 5) is 0. The van der Waals surface area contributed by atoms with Gasteiger partial charge in [0.15, 0.2) is 0 Å². The van der Waals surface area contributed by atoms with Gasteiger partial charge in [-0.2, -0.15) is 0 Å². The number of rotatable bonds is 6. The molecule has 0 radical (unpaired) electrons. The minimum Gasteiger partial charge on any atom is -0.396 e. The van der Waals surface area contributed by atoms with Gasteiger partial charge in [-0.25, -0.2) is 0 Å². The summed E-state index contributed by atoms with van der Waals surface area (Å²) in [6, 6.07) is 9.21. The Morgan fingerprint density at radius 3 is 2.79 bits per heavy atom. The monoisotopic (exact) mass is 261 g/mol. The molecule has 1 aliphatic rings. The van der Waals surface area contributed by atoms with Crippen LogP contribution < -0.4 is 5.32 Å². The van der Waals surface area contributed by atoms with Crippen LogP contribution in [0.25, 0.3) is 0 Å². The van der Waals surface area contributed by atoms with E-state index in [9.17, 15) is 0 Å². The van der Waals surface area contributed by atoms with E-state index < -0.39 is 0 Å². The Morgan fingerprint density at radius 1 is 1.26 bits per heavy atom. The quantitative estimate of drug-likeness (QED) is 0.811. The molecule has 1 aromatic carbocycles. The normalized spacial score (nSPS) is 18.2. The molecule has 1 unspecified atom stereocenters. The number of benzene rings is 1. The van der Waals surface area contributed by atoms with Crippen LogP contribution in [0, 0.1) is 5.92 Å². The maximum absolute atomic E-state index is 8.90. The number of aliphatic hydroxyl groups excluding tert-OH is 1. The lowest BCUT2D eigenvalue weighted by Crippen LogP contribution is -2.27. The highest BCUT2D eigenvalue weighted by atomic mass is 16.2. The van der Waals surface area contributed by atoms with E-state index in [1.54, 1.807) is 0 Å². The third-order valence-corrected chi connectivity index (χ3v) is 4.30. The van der Waals surface area contributed by atoms with E-state index in [-0.39, 0.29) is 6.61 Å². The summed E-state index contributed by atoms with van der Waals surface area (Å²) in [6.45, 7) is 2.59. The average molecular weight is 261 g/mol. The Bertz CT molecular complexity index is 371. The lowest BCUT2D eigenvalue weighted by Gasteiger charge is -2.29. The van der Waals surface area contributed by atoms with E-state index in [1.165, 1.54) is 43.4 Å². The van der Waals surface area contributed by atoms with Crippen LogP contribution in [-0.4, -0.2) is 17.8 Å². The molecule has 0 spiro atoms. The molecule has 1 saturated carbocycles. The molecule has 2 rings (SSSR count). The van der Waals surface area contributed by atoms with Crippen molar-refractivity contribution in [3.05, 3.63) is 29.8 Å². The average Bonchev–Trinajstić information content (AvgIpc) is 2.46. The fourth-order valence-electron chi connectivity index (χ4n) is 3.11. The summed E-state index contributed by atoms with van der Waals surface area (Å²) in [7, 11) is 0. The molecule has 2 nitrogen and oxygen atoms in total. The van der Waals surface area contributed by atoms with Gasteiger partial charge in [0.2, 0.25) is 0 Å². The number of hydrogen-bond acceptors (Lipinski definition) is 2.